The Labute approximate surface area is 169 Å². The predicted octanol–water partition coefficient (Wildman–Crippen LogP) is 5.57. The van der Waals surface area contributed by atoms with Crippen LogP contribution >= 0.6 is 11.6 Å². The summed E-state index contributed by atoms with van der Waals surface area (Å²) >= 11 is 6.08. The molecule has 2 fully saturated rings. The van der Waals surface area contributed by atoms with Crippen LogP contribution in [0.4, 0.5) is 10.5 Å². The van der Waals surface area contributed by atoms with E-state index in [1.165, 1.54) is 5.56 Å². The van der Waals surface area contributed by atoms with E-state index < -0.39 is 0 Å². The molecule has 1 unspecified atom stereocenters. The number of anilines is 1. The van der Waals surface area contributed by atoms with Gasteiger partial charge >= 0.3 is 6.03 Å². The van der Waals surface area contributed by atoms with Crippen molar-refractivity contribution in [3.05, 3.63) is 89.4 Å². The molecular formula is C23H20ClN3O. The van der Waals surface area contributed by atoms with Crippen LogP contribution in [-0.4, -0.2) is 29.1 Å². The van der Waals surface area contributed by atoms with Crippen LogP contribution in [0.2, 0.25) is 5.02 Å². The summed E-state index contributed by atoms with van der Waals surface area (Å²) in [6, 6.07) is 26.3. The Morgan fingerprint density at radius 2 is 1.46 bits per heavy atom. The van der Waals surface area contributed by atoms with Crippen molar-refractivity contribution < 1.29 is 4.79 Å². The minimum absolute atomic E-state index is 0.0323. The summed E-state index contributed by atoms with van der Waals surface area (Å²) in [6.07, 6.45) is 0.853. The van der Waals surface area contributed by atoms with Crippen LogP contribution in [0.5, 0.6) is 0 Å². The van der Waals surface area contributed by atoms with E-state index in [4.69, 9.17) is 11.6 Å². The highest BCUT2D eigenvalue weighted by Gasteiger charge is 2.47. The van der Waals surface area contributed by atoms with Gasteiger partial charge in [0, 0.05) is 23.8 Å². The lowest BCUT2D eigenvalue weighted by molar-refractivity contribution is 0.0728. The molecule has 1 atom stereocenters. The Balaban J connectivity index is 1.53. The van der Waals surface area contributed by atoms with E-state index in [-0.39, 0.29) is 12.2 Å². The Kier molecular flexibility index (Phi) is 4.30. The summed E-state index contributed by atoms with van der Waals surface area (Å²) < 4.78 is 0. The number of benzene rings is 3. The van der Waals surface area contributed by atoms with Crippen molar-refractivity contribution in [1.29, 1.82) is 0 Å². The van der Waals surface area contributed by atoms with E-state index in [1.807, 2.05) is 64.5 Å². The van der Waals surface area contributed by atoms with Crippen molar-refractivity contribution in [3.63, 3.8) is 0 Å². The zero-order valence-corrected chi connectivity index (χ0v) is 16.1. The zero-order chi connectivity index (χ0) is 19.1. The Bertz CT molecular complexity index is 989. The lowest BCUT2D eigenvalue weighted by Crippen LogP contribution is -2.32. The number of hydrazine groups is 1. The van der Waals surface area contributed by atoms with Gasteiger partial charge in [-0.25, -0.2) is 4.79 Å². The normalized spacial score (nSPS) is 19.3. The first-order valence-electron chi connectivity index (χ1n) is 9.50. The van der Waals surface area contributed by atoms with Crippen LogP contribution in [-0.2, 0) is 0 Å². The van der Waals surface area contributed by atoms with E-state index in [9.17, 15) is 4.79 Å². The second-order valence-electron chi connectivity index (χ2n) is 7.13. The molecule has 5 heteroatoms. The highest BCUT2D eigenvalue weighted by molar-refractivity contribution is 6.30. The fourth-order valence-electron chi connectivity index (χ4n) is 4.11. The van der Waals surface area contributed by atoms with Gasteiger partial charge in [-0.3, -0.25) is 9.91 Å². The Morgan fingerprint density at radius 3 is 2.18 bits per heavy atom. The van der Waals surface area contributed by atoms with Gasteiger partial charge < -0.3 is 0 Å². The summed E-state index contributed by atoms with van der Waals surface area (Å²) in [5.41, 5.74) is 4.27. The number of carbonyl (C=O) groups is 1. The highest BCUT2D eigenvalue weighted by Crippen LogP contribution is 2.41. The van der Waals surface area contributed by atoms with Crippen molar-refractivity contribution in [2.45, 2.75) is 12.6 Å². The van der Waals surface area contributed by atoms with Crippen LogP contribution in [0.1, 0.15) is 18.2 Å². The van der Waals surface area contributed by atoms with E-state index in [2.05, 4.69) is 29.3 Å². The number of amides is 2. The lowest BCUT2D eigenvalue weighted by atomic mass is 10.0. The quantitative estimate of drug-likeness (QED) is 0.585. The zero-order valence-electron chi connectivity index (χ0n) is 15.3. The van der Waals surface area contributed by atoms with Crippen molar-refractivity contribution in [2.24, 2.45) is 0 Å². The lowest BCUT2D eigenvalue weighted by Gasteiger charge is -2.28. The summed E-state index contributed by atoms with van der Waals surface area (Å²) in [6.45, 7) is 1.64. The van der Waals surface area contributed by atoms with Crippen molar-refractivity contribution in [3.8, 4) is 11.1 Å². The summed E-state index contributed by atoms with van der Waals surface area (Å²) in [5, 5.41) is 4.73. The molecule has 0 saturated carbocycles. The molecule has 28 heavy (non-hydrogen) atoms. The maximum Gasteiger partial charge on any atom is 0.340 e. The van der Waals surface area contributed by atoms with Gasteiger partial charge in [-0.15, -0.1) is 0 Å². The monoisotopic (exact) mass is 389 g/mol. The predicted molar refractivity (Wildman–Crippen MR) is 112 cm³/mol. The van der Waals surface area contributed by atoms with Crippen LogP contribution in [0.25, 0.3) is 11.1 Å². The Morgan fingerprint density at radius 1 is 0.786 bits per heavy atom. The van der Waals surface area contributed by atoms with Crippen molar-refractivity contribution in [1.82, 2.24) is 10.0 Å². The third-order valence-electron chi connectivity index (χ3n) is 5.44. The molecule has 0 spiro atoms. The largest absolute Gasteiger partial charge is 0.340 e. The maximum atomic E-state index is 13.2. The van der Waals surface area contributed by atoms with Crippen molar-refractivity contribution >= 4 is 23.3 Å². The van der Waals surface area contributed by atoms with Crippen molar-refractivity contribution in [2.75, 3.05) is 18.0 Å². The third-order valence-corrected chi connectivity index (χ3v) is 5.69. The first-order chi connectivity index (χ1) is 13.7. The Hall–Kier alpha value is -2.82. The molecule has 3 aromatic rings. The van der Waals surface area contributed by atoms with Gasteiger partial charge in [-0.05, 0) is 47.4 Å². The first kappa shape index (κ1) is 17.3. The fourth-order valence-corrected chi connectivity index (χ4v) is 4.23. The van der Waals surface area contributed by atoms with E-state index >= 15 is 0 Å². The van der Waals surface area contributed by atoms with Gasteiger partial charge in [0.1, 0.15) is 6.17 Å². The average molecular weight is 390 g/mol. The summed E-state index contributed by atoms with van der Waals surface area (Å²) in [4.78, 5) is 15.1. The first-order valence-corrected chi connectivity index (χ1v) is 9.88. The molecule has 2 amide bonds. The highest BCUT2D eigenvalue weighted by atomic mass is 35.5. The SMILES string of the molecule is O=C1N(c2ccc(-c3ccccc3)cc2)C(c2ccc(Cl)cc2)N2CCCN12. The van der Waals surface area contributed by atoms with E-state index in [1.54, 1.807) is 0 Å². The molecule has 2 aliphatic rings. The van der Waals surface area contributed by atoms with Gasteiger partial charge in [-0.1, -0.05) is 66.2 Å². The minimum Gasteiger partial charge on any atom is -0.271 e. The van der Waals surface area contributed by atoms with Gasteiger partial charge in [0.15, 0.2) is 0 Å². The topological polar surface area (TPSA) is 26.8 Å². The summed E-state index contributed by atoms with van der Waals surface area (Å²) in [5.74, 6) is 0. The molecular weight excluding hydrogens is 370 g/mol. The van der Waals surface area contributed by atoms with Gasteiger partial charge in [0.2, 0.25) is 0 Å². The number of urea groups is 1. The van der Waals surface area contributed by atoms with Gasteiger partial charge in [0.25, 0.3) is 0 Å². The van der Waals surface area contributed by atoms with Gasteiger partial charge in [0.05, 0.1) is 0 Å². The second-order valence-corrected chi connectivity index (χ2v) is 7.57. The number of halogens is 1. The number of hydrogen-bond donors (Lipinski definition) is 0. The molecule has 140 valence electrons. The van der Waals surface area contributed by atoms with Crippen LogP contribution < -0.4 is 4.90 Å². The van der Waals surface area contributed by atoms with E-state index in [0.29, 0.717) is 5.02 Å². The van der Waals surface area contributed by atoms with Crippen LogP contribution in [0, 0.1) is 0 Å². The van der Waals surface area contributed by atoms with E-state index in [0.717, 1.165) is 36.3 Å². The number of carbonyl (C=O) groups excluding carboxylic acids is 1. The molecule has 0 radical (unpaired) electrons. The van der Waals surface area contributed by atoms with Crippen LogP contribution in [0.15, 0.2) is 78.9 Å². The molecule has 2 heterocycles. The molecule has 0 bridgehead atoms. The molecule has 3 aromatic carbocycles. The maximum absolute atomic E-state index is 13.2. The number of hydrogen-bond acceptors (Lipinski definition) is 2. The second kappa shape index (κ2) is 6.97. The molecule has 0 aromatic heterocycles. The van der Waals surface area contributed by atoms with Gasteiger partial charge in [-0.2, -0.15) is 5.01 Å². The molecule has 2 aliphatic heterocycles. The molecule has 2 saturated heterocycles. The number of nitrogens with zero attached hydrogens (tertiary/aromatic N) is 3. The summed E-state index contributed by atoms with van der Waals surface area (Å²) in [7, 11) is 0. The standard InChI is InChI=1S/C23H20ClN3O/c24-20-11-7-19(8-12-20)22-25-15-4-16-26(25)23(28)27(22)21-13-9-18(10-14-21)17-5-2-1-3-6-17/h1-3,5-14,22H,4,15-16H2. The average Bonchev–Trinajstić information content (AvgIpc) is 3.32. The molecule has 5 rings (SSSR count). The fraction of sp³-hybridized carbons (Fsp3) is 0.174. The third kappa shape index (κ3) is 2.86. The molecule has 0 N–H and O–H groups in total. The number of rotatable bonds is 3. The number of fused-ring (bicyclic) bond motifs is 1. The smallest absolute Gasteiger partial charge is 0.271 e. The molecule has 4 nitrogen and oxygen atoms in total. The minimum atomic E-state index is -0.144. The molecule has 0 aliphatic carbocycles. The van der Waals surface area contributed by atoms with Crippen LogP contribution in [0.3, 0.4) is 0 Å².